The zero-order valence-corrected chi connectivity index (χ0v) is 37.6. The Bertz CT molecular complexity index is 2070. The molecule has 0 amide bonds. The van der Waals surface area contributed by atoms with Crippen molar-refractivity contribution in [1.82, 2.24) is 0 Å². The SMILES string of the molecule is COc1ccc(CO[C@H]2C(=O)[C@]3(C)[C@@H](O[Si](C)(C)C(C)(C)C)CC[C@@]4(CO4)[C@H]3[C@H](OC(=O)c3ccccc3)[C@]3(O)C(=O)C(O)=C([Se]c4ccccc4)[C@H]2C3(C)C)cc1. The van der Waals surface area contributed by atoms with Crippen LogP contribution in [0.1, 0.15) is 70.3 Å². The van der Waals surface area contributed by atoms with Gasteiger partial charge in [-0.05, 0) is 0 Å². The summed E-state index contributed by atoms with van der Waals surface area (Å²) in [5, 5.41) is 25.7. The number of ketones is 2. The topological polar surface area (TPSA) is 141 Å². The van der Waals surface area contributed by atoms with Gasteiger partial charge in [0.05, 0.1) is 0 Å². The Labute approximate surface area is 348 Å². The average Bonchev–Trinajstić information content (AvgIpc) is 3.97. The normalized spacial score (nSPS) is 31.9. The molecule has 8 atom stereocenters. The number of esters is 1. The van der Waals surface area contributed by atoms with Crippen molar-refractivity contribution in [3.05, 3.63) is 106 Å². The van der Waals surface area contributed by atoms with Crippen molar-refractivity contribution < 1.29 is 48.0 Å². The van der Waals surface area contributed by atoms with Gasteiger partial charge >= 0.3 is 350 Å². The van der Waals surface area contributed by atoms with Gasteiger partial charge in [0.15, 0.2) is 0 Å². The number of methoxy groups -OCH3 is 1. The quantitative estimate of drug-likeness (QED) is 0.128. The molecule has 3 fully saturated rings. The molecule has 1 saturated heterocycles. The van der Waals surface area contributed by atoms with Gasteiger partial charge in [-0.3, -0.25) is 0 Å². The molecule has 3 aromatic rings. The van der Waals surface area contributed by atoms with Crippen molar-refractivity contribution in [3.63, 3.8) is 0 Å². The predicted octanol–water partition coefficient (Wildman–Crippen LogP) is 6.72. The number of ether oxygens (including phenoxy) is 4. The maximum absolute atomic E-state index is 16.3. The third kappa shape index (κ3) is 6.92. The van der Waals surface area contributed by atoms with Gasteiger partial charge in [0.25, 0.3) is 0 Å². The van der Waals surface area contributed by atoms with Crippen molar-refractivity contribution in [1.29, 1.82) is 0 Å². The molecule has 1 heterocycles. The van der Waals surface area contributed by atoms with E-state index in [1.165, 1.54) is 0 Å². The summed E-state index contributed by atoms with van der Waals surface area (Å²) in [5.74, 6) is -4.12. The molecule has 10 nitrogen and oxygen atoms in total. The van der Waals surface area contributed by atoms with Crippen LogP contribution < -0.4 is 9.20 Å². The van der Waals surface area contributed by atoms with Crippen LogP contribution in [-0.2, 0) is 34.8 Å². The van der Waals surface area contributed by atoms with Crippen LogP contribution in [0.5, 0.6) is 5.75 Å². The number of epoxide rings is 1. The summed E-state index contributed by atoms with van der Waals surface area (Å²) in [6.07, 6.45) is -2.74. The van der Waals surface area contributed by atoms with E-state index in [2.05, 4.69) is 33.9 Å². The van der Waals surface area contributed by atoms with Gasteiger partial charge in [0, 0.05) is 0 Å². The number of hydrogen-bond acceptors (Lipinski definition) is 10. The molecular formula is C46H56O10SeSi. The minimum atomic E-state index is -2.60. The number of fused-ring (bicyclic) bond motifs is 4. The van der Waals surface area contributed by atoms with Crippen molar-refractivity contribution >= 4 is 45.3 Å². The summed E-state index contributed by atoms with van der Waals surface area (Å²) in [4.78, 5) is 45.9. The molecule has 0 unspecified atom stereocenters. The molecule has 1 spiro atoms. The molecule has 2 bridgehead atoms. The van der Waals surface area contributed by atoms with Crippen LogP contribution in [0, 0.1) is 22.7 Å². The van der Waals surface area contributed by atoms with E-state index in [4.69, 9.17) is 23.4 Å². The fourth-order valence-electron chi connectivity index (χ4n) is 9.34. The number of benzene rings is 3. The van der Waals surface area contributed by atoms with E-state index in [9.17, 15) is 15.0 Å². The molecule has 7 rings (SSSR count). The minimum absolute atomic E-state index is 0.00824. The Kier molecular flexibility index (Phi) is 11.1. The van der Waals surface area contributed by atoms with Crippen LogP contribution >= 0.6 is 0 Å². The Morgan fingerprint density at radius 1 is 0.948 bits per heavy atom. The van der Waals surface area contributed by atoms with E-state index >= 15 is 9.59 Å². The summed E-state index contributed by atoms with van der Waals surface area (Å²) >= 11 is -0.688. The number of Topliss-reactive ketones (excluding diaryl/α,β-unsaturated/α-hetero) is 2. The summed E-state index contributed by atoms with van der Waals surface area (Å²) < 4.78 is 33.6. The van der Waals surface area contributed by atoms with E-state index < -0.39 is 93.0 Å². The number of aliphatic hydroxyl groups is 2. The second kappa shape index (κ2) is 15.1. The summed E-state index contributed by atoms with van der Waals surface area (Å²) in [6, 6.07) is 25.2. The Balaban J connectivity index is 1.49. The van der Waals surface area contributed by atoms with Gasteiger partial charge in [0.1, 0.15) is 0 Å². The fourth-order valence-corrected chi connectivity index (χ4v) is 13.5. The van der Waals surface area contributed by atoms with Crippen LogP contribution in [0.3, 0.4) is 0 Å². The van der Waals surface area contributed by atoms with E-state index in [1.807, 2.05) is 61.5 Å². The molecule has 0 radical (unpaired) electrons. The third-order valence-corrected chi connectivity index (χ3v) is 20.9. The van der Waals surface area contributed by atoms with Gasteiger partial charge in [-0.25, -0.2) is 0 Å². The van der Waals surface area contributed by atoms with Gasteiger partial charge in [-0.1, -0.05) is 0 Å². The molecule has 0 aromatic heterocycles. The van der Waals surface area contributed by atoms with Gasteiger partial charge in [0.2, 0.25) is 0 Å². The molecule has 2 saturated carbocycles. The first kappa shape index (κ1) is 42.5. The van der Waals surface area contributed by atoms with E-state index in [0.717, 1.165) is 10.0 Å². The molecule has 310 valence electrons. The van der Waals surface area contributed by atoms with E-state index in [-0.39, 0.29) is 29.6 Å². The number of hydrogen-bond donors (Lipinski definition) is 2. The summed E-state index contributed by atoms with van der Waals surface area (Å²) in [6.45, 7) is 16.2. The molecule has 12 heteroatoms. The standard InChI is InChI=1S/C46H56O10SeSi/c1-42(2,3)58(8,9)56-32-24-25-45(27-54-45)37-40(55-41(50)29-16-12-10-13-17-29)46(51)38(48)34(47)36(57-31-18-14-11-15-19-31)33(43(46,4)5)35(39(49)44(32,37)6)53-26-28-20-22-30(52-7)23-21-28/h10-23,32-33,35,37,40,47,51H,24-27H2,1-9H3/t32-,33-,35+,37-,40-,44+,45+,46+/m0/s1. The second-order valence-electron chi connectivity index (χ2n) is 18.6. The first-order valence-corrected chi connectivity index (χ1v) is 24.6. The van der Waals surface area contributed by atoms with Crippen LogP contribution in [0.4, 0.5) is 0 Å². The van der Waals surface area contributed by atoms with Gasteiger partial charge in [-0.2, -0.15) is 0 Å². The molecule has 3 aliphatic carbocycles. The van der Waals surface area contributed by atoms with Crippen LogP contribution in [0.15, 0.2) is 95.2 Å². The monoisotopic (exact) mass is 876 g/mol. The molecule has 3 aromatic carbocycles. The van der Waals surface area contributed by atoms with Crippen molar-refractivity contribution in [3.8, 4) is 5.75 Å². The Morgan fingerprint density at radius 3 is 2.12 bits per heavy atom. The number of carbonyl (C=O) groups is 3. The van der Waals surface area contributed by atoms with Gasteiger partial charge in [-0.15, -0.1) is 0 Å². The molecule has 1 aliphatic heterocycles. The number of carbonyl (C=O) groups excluding carboxylic acids is 3. The van der Waals surface area contributed by atoms with Crippen molar-refractivity contribution in [2.45, 2.75) is 109 Å². The van der Waals surface area contributed by atoms with Crippen molar-refractivity contribution in [2.24, 2.45) is 22.7 Å². The van der Waals surface area contributed by atoms with Crippen LogP contribution in [0.2, 0.25) is 18.1 Å². The Hall–Kier alpha value is -3.61. The first-order chi connectivity index (χ1) is 27.2. The van der Waals surface area contributed by atoms with Crippen LogP contribution in [0.25, 0.3) is 0 Å². The number of aliphatic hydroxyl groups excluding tert-OH is 1. The fraction of sp³-hybridized carbons (Fsp3) is 0.500. The average molecular weight is 876 g/mol. The zero-order chi connectivity index (χ0) is 42.1. The second-order valence-corrected chi connectivity index (χ2v) is 25.7. The summed E-state index contributed by atoms with van der Waals surface area (Å²) in [7, 11) is -1.01. The first-order valence-electron chi connectivity index (χ1n) is 20.0. The molecule has 58 heavy (non-hydrogen) atoms. The number of rotatable bonds is 10. The summed E-state index contributed by atoms with van der Waals surface area (Å²) in [5.41, 5.74) is -5.66. The third-order valence-electron chi connectivity index (χ3n) is 13.9. The Morgan fingerprint density at radius 2 is 1.55 bits per heavy atom. The predicted molar refractivity (Wildman–Crippen MR) is 223 cm³/mol. The van der Waals surface area contributed by atoms with E-state index in [1.54, 1.807) is 51.3 Å². The van der Waals surface area contributed by atoms with Crippen LogP contribution in [-0.4, -0.2) is 94.3 Å². The zero-order valence-electron chi connectivity index (χ0n) is 34.9. The van der Waals surface area contributed by atoms with E-state index in [0.29, 0.717) is 23.1 Å². The molecule has 2 N–H and O–H groups in total. The molecular weight excluding hydrogens is 820 g/mol. The molecule has 4 aliphatic rings. The van der Waals surface area contributed by atoms with Gasteiger partial charge < -0.3 is 0 Å². The maximum atomic E-state index is 16.3. The van der Waals surface area contributed by atoms with Crippen molar-refractivity contribution in [2.75, 3.05) is 13.7 Å².